The fourth-order valence-corrected chi connectivity index (χ4v) is 4.98. The number of carbonyl (C=O) groups excluding carboxylic acids is 1. The van der Waals surface area contributed by atoms with Gasteiger partial charge in [-0.05, 0) is 43.5 Å². The lowest BCUT2D eigenvalue weighted by atomic mass is 9.92. The zero-order valence-corrected chi connectivity index (χ0v) is 15.5. The van der Waals surface area contributed by atoms with Gasteiger partial charge in [0.1, 0.15) is 5.60 Å². The van der Waals surface area contributed by atoms with Crippen molar-refractivity contribution in [1.29, 1.82) is 0 Å². The summed E-state index contributed by atoms with van der Waals surface area (Å²) in [5.74, 6) is 0.186. The molecule has 1 atom stereocenters. The van der Waals surface area contributed by atoms with Crippen molar-refractivity contribution >= 4 is 17.7 Å². The average molecular weight is 353 g/mol. The van der Waals surface area contributed by atoms with E-state index >= 15 is 0 Å². The topological polar surface area (TPSA) is 29.5 Å². The van der Waals surface area contributed by atoms with Gasteiger partial charge in [0, 0.05) is 11.4 Å². The normalized spacial score (nSPS) is 22.4. The first-order valence-corrected chi connectivity index (χ1v) is 9.58. The molecule has 1 fully saturated rings. The number of thioether (sulfide) groups is 1. The van der Waals surface area contributed by atoms with Crippen molar-refractivity contribution in [3.05, 3.63) is 65.7 Å². The van der Waals surface area contributed by atoms with Crippen molar-refractivity contribution in [3.63, 3.8) is 0 Å². The number of hydrogen-bond acceptors (Lipinski definition) is 3. The highest BCUT2D eigenvalue weighted by molar-refractivity contribution is 8.01. The van der Waals surface area contributed by atoms with Crippen molar-refractivity contribution in [1.82, 2.24) is 4.90 Å². The van der Waals surface area contributed by atoms with Crippen LogP contribution >= 0.6 is 11.8 Å². The summed E-state index contributed by atoms with van der Waals surface area (Å²) in [5, 5.41) is 0. The van der Waals surface area contributed by atoms with Crippen molar-refractivity contribution < 1.29 is 9.53 Å². The summed E-state index contributed by atoms with van der Waals surface area (Å²) >= 11 is 1.63. The Hall–Kier alpha value is -1.78. The molecule has 0 N–H and O–H groups in total. The van der Waals surface area contributed by atoms with Crippen molar-refractivity contribution in [2.45, 2.75) is 42.1 Å². The van der Waals surface area contributed by atoms with E-state index in [1.165, 1.54) is 11.1 Å². The molecule has 1 unspecified atom stereocenters. The molecule has 1 saturated heterocycles. The summed E-state index contributed by atoms with van der Waals surface area (Å²) < 4.78 is 5.69. The average Bonchev–Trinajstić information content (AvgIpc) is 3.21. The second kappa shape index (κ2) is 6.19. The quantitative estimate of drug-likeness (QED) is 0.774. The summed E-state index contributed by atoms with van der Waals surface area (Å²) in [6.45, 7) is 6.09. The van der Waals surface area contributed by atoms with Crippen LogP contribution in [0.4, 0.5) is 0 Å². The highest BCUT2D eigenvalue weighted by Crippen LogP contribution is 2.44. The molecule has 0 saturated carbocycles. The lowest BCUT2D eigenvalue weighted by Crippen LogP contribution is -2.43. The smallest absolute Gasteiger partial charge is 0.238 e. The summed E-state index contributed by atoms with van der Waals surface area (Å²) in [4.78, 5) is 16.3. The minimum absolute atomic E-state index is 0.186. The number of nitrogens with zero attached hydrogens (tertiary/aromatic N) is 1. The maximum absolute atomic E-state index is 13.2. The van der Waals surface area contributed by atoms with E-state index < -0.39 is 4.75 Å². The van der Waals surface area contributed by atoms with Gasteiger partial charge in [-0.1, -0.05) is 42.5 Å². The van der Waals surface area contributed by atoms with Crippen molar-refractivity contribution in [2.24, 2.45) is 0 Å². The fraction of sp³-hybridized carbons (Fsp3) is 0.381. The van der Waals surface area contributed by atoms with E-state index in [1.807, 2.05) is 36.9 Å². The molecule has 4 heteroatoms. The van der Waals surface area contributed by atoms with Gasteiger partial charge in [0.25, 0.3) is 0 Å². The second-order valence-corrected chi connectivity index (χ2v) is 9.04. The number of fused-ring (bicyclic) bond motifs is 2. The monoisotopic (exact) mass is 353 g/mol. The van der Waals surface area contributed by atoms with Crippen LogP contribution in [0.3, 0.4) is 0 Å². The first kappa shape index (κ1) is 16.7. The largest absolute Gasteiger partial charge is 0.364 e. The number of benzene rings is 2. The Bertz CT molecular complexity index is 789. The molecule has 2 aliphatic heterocycles. The predicted molar refractivity (Wildman–Crippen MR) is 100 cm³/mol. The van der Waals surface area contributed by atoms with Gasteiger partial charge < -0.3 is 9.64 Å². The minimum Gasteiger partial charge on any atom is -0.364 e. The lowest BCUT2D eigenvalue weighted by Gasteiger charge is -2.30. The van der Waals surface area contributed by atoms with Crippen LogP contribution in [0.1, 0.15) is 31.4 Å². The third-order valence-corrected chi connectivity index (χ3v) is 6.36. The Labute approximate surface area is 153 Å². The molecular weight excluding hydrogens is 330 g/mol. The number of rotatable bonds is 3. The van der Waals surface area contributed by atoms with E-state index in [-0.39, 0.29) is 11.5 Å². The van der Waals surface area contributed by atoms with Crippen LogP contribution in [0.5, 0.6) is 0 Å². The molecule has 1 spiro atoms. The number of carbonyl (C=O) groups is 1. The lowest BCUT2D eigenvalue weighted by molar-refractivity contribution is -0.133. The van der Waals surface area contributed by atoms with Crippen LogP contribution in [0.15, 0.2) is 59.5 Å². The molecular formula is C21H23NO2S. The molecule has 0 bridgehead atoms. The van der Waals surface area contributed by atoms with Gasteiger partial charge in [0.2, 0.25) is 5.91 Å². The Balaban J connectivity index is 1.51. The molecule has 130 valence electrons. The zero-order chi connectivity index (χ0) is 17.5. The highest BCUT2D eigenvalue weighted by atomic mass is 32.2. The predicted octanol–water partition coefficient (Wildman–Crippen LogP) is 4.22. The second-order valence-electron chi connectivity index (χ2n) is 7.34. The van der Waals surface area contributed by atoms with Gasteiger partial charge in [0.05, 0.1) is 17.9 Å². The first-order valence-electron chi connectivity index (χ1n) is 8.76. The van der Waals surface area contributed by atoms with Gasteiger partial charge in [-0.3, -0.25) is 4.79 Å². The summed E-state index contributed by atoms with van der Waals surface area (Å²) in [6.07, 6.45) is 0.877. The number of hydrogen-bond donors (Lipinski definition) is 0. The third kappa shape index (κ3) is 2.98. The van der Waals surface area contributed by atoms with E-state index in [4.69, 9.17) is 4.74 Å². The van der Waals surface area contributed by atoms with Crippen molar-refractivity contribution in [2.75, 3.05) is 13.1 Å². The molecule has 1 amide bonds. The molecule has 2 heterocycles. The van der Waals surface area contributed by atoms with Gasteiger partial charge in [-0.25, -0.2) is 0 Å². The Morgan fingerprint density at radius 2 is 1.84 bits per heavy atom. The summed E-state index contributed by atoms with van der Waals surface area (Å²) in [7, 11) is 0. The van der Waals surface area contributed by atoms with E-state index in [0.717, 1.165) is 17.9 Å². The molecule has 2 aliphatic rings. The molecule has 0 aliphatic carbocycles. The molecule has 0 radical (unpaired) electrons. The molecule has 0 aromatic heterocycles. The Morgan fingerprint density at radius 3 is 2.64 bits per heavy atom. The summed E-state index contributed by atoms with van der Waals surface area (Å²) in [6, 6.07) is 18.5. The van der Waals surface area contributed by atoms with Gasteiger partial charge in [-0.2, -0.15) is 0 Å². The number of likely N-dealkylation sites (tertiary alicyclic amines) is 1. The Kier molecular flexibility index (Phi) is 4.13. The highest BCUT2D eigenvalue weighted by Gasteiger charge is 2.48. The summed E-state index contributed by atoms with van der Waals surface area (Å²) in [5.41, 5.74) is 2.22. The molecule has 2 aromatic carbocycles. The maximum Gasteiger partial charge on any atom is 0.238 e. The van der Waals surface area contributed by atoms with E-state index in [2.05, 4.69) is 36.4 Å². The van der Waals surface area contributed by atoms with Crippen LogP contribution in [0.25, 0.3) is 0 Å². The Morgan fingerprint density at radius 1 is 1.12 bits per heavy atom. The van der Waals surface area contributed by atoms with E-state index in [9.17, 15) is 4.79 Å². The van der Waals surface area contributed by atoms with E-state index in [0.29, 0.717) is 13.2 Å². The molecule has 2 aromatic rings. The minimum atomic E-state index is -0.495. The van der Waals surface area contributed by atoms with E-state index in [1.54, 1.807) is 11.8 Å². The van der Waals surface area contributed by atoms with Crippen LogP contribution in [-0.4, -0.2) is 28.6 Å². The zero-order valence-electron chi connectivity index (χ0n) is 14.7. The first-order chi connectivity index (χ1) is 12.0. The SMILES string of the molecule is CC(C)(Sc1ccccc1)C(=O)N1CCC2(C1)OCc1ccccc12. The fourth-order valence-electron chi connectivity index (χ4n) is 3.88. The number of amides is 1. The van der Waals surface area contributed by atoms with Gasteiger partial charge in [-0.15, -0.1) is 11.8 Å². The molecule has 25 heavy (non-hydrogen) atoms. The maximum atomic E-state index is 13.2. The number of ether oxygens (including phenoxy) is 1. The standard InChI is InChI=1S/C21H23NO2S/c1-20(2,25-17-9-4-3-5-10-17)19(23)22-13-12-21(15-22)18-11-7-6-8-16(18)14-24-21/h3-11H,12-15H2,1-2H3. The van der Waals surface area contributed by atoms with Crippen LogP contribution in [0.2, 0.25) is 0 Å². The third-order valence-electron chi connectivity index (χ3n) is 5.16. The van der Waals surface area contributed by atoms with Crippen LogP contribution in [0, 0.1) is 0 Å². The van der Waals surface area contributed by atoms with Crippen LogP contribution < -0.4 is 0 Å². The van der Waals surface area contributed by atoms with Gasteiger partial charge >= 0.3 is 0 Å². The van der Waals surface area contributed by atoms with Crippen molar-refractivity contribution in [3.8, 4) is 0 Å². The van der Waals surface area contributed by atoms with Gasteiger partial charge in [0.15, 0.2) is 0 Å². The van der Waals surface area contributed by atoms with Crippen LogP contribution in [-0.2, 0) is 21.7 Å². The molecule has 4 rings (SSSR count). The molecule has 3 nitrogen and oxygen atoms in total.